The van der Waals surface area contributed by atoms with Crippen LogP contribution >= 0.6 is 0 Å². The zero-order valence-electron chi connectivity index (χ0n) is 10.7. The van der Waals surface area contributed by atoms with Crippen molar-refractivity contribution in [2.45, 2.75) is 50.2 Å². The van der Waals surface area contributed by atoms with Gasteiger partial charge >= 0.3 is 0 Å². The largest absolute Gasteiger partial charge is 0.411 e. The van der Waals surface area contributed by atoms with E-state index < -0.39 is 0 Å². The highest BCUT2D eigenvalue weighted by Crippen LogP contribution is 2.33. The second-order valence-corrected chi connectivity index (χ2v) is 5.65. The minimum Gasteiger partial charge on any atom is -0.411 e. The van der Waals surface area contributed by atoms with Gasteiger partial charge in [0.05, 0.1) is 17.8 Å². The van der Waals surface area contributed by atoms with E-state index in [-0.39, 0.29) is 30.0 Å². The highest BCUT2D eigenvalue weighted by Gasteiger charge is 2.45. The number of oxime groups is 1. The third-order valence-corrected chi connectivity index (χ3v) is 4.63. The summed E-state index contributed by atoms with van der Waals surface area (Å²) in [5.74, 6) is 0.249. The second kappa shape index (κ2) is 4.82. The van der Waals surface area contributed by atoms with Crippen molar-refractivity contribution in [2.24, 2.45) is 11.1 Å². The van der Waals surface area contributed by atoms with Crippen LogP contribution in [0.15, 0.2) is 5.16 Å². The third kappa shape index (κ3) is 1.98. The molecular formula is C13H18N4O2. The monoisotopic (exact) mass is 262 g/mol. The molecule has 6 nitrogen and oxygen atoms in total. The van der Waals surface area contributed by atoms with E-state index in [0.717, 1.165) is 31.4 Å². The van der Waals surface area contributed by atoms with Crippen molar-refractivity contribution in [3.8, 4) is 6.07 Å². The van der Waals surface area contributed by atoms with Crippen LogP contribution in [0.2, 0.25) is 0 Å². The van der Waals surface area contributed by atoms with Crippen molar-refractivity contribution < 1.29 is 10.0 Å². The minimum absolute atomic E-state index is 0.0205. The van der Waals surface area contributed by atoms with E-state index in [0.29, 0.717) is 13.0 Å². The number of likely N-dealkylation sites (tertiary alicyclic amines) is 1. The van der Waals surface area contributed by atoms with Crippen LogP contribution < -0.4 is 5.32 Å². The Kier molecular flexibility index (Phi) is 3.15. The maximum atomic E-state index is 12.6. The van der Waals surface area contributed by atoms with Crippen molar-refractivity contribution in [3.63, 3.8) is 0 Å². The molecule has 0 unspecified atom stereocenters. The second-order valence-electron chi connectivity index (χ2n) is 5.65. The van der Waals surface area contributed by atoms with Crippen LogP contribution in [0.4, 0.5) is 0 Å². The molecule has 0 radical (unpaired) electrons. The summed E-state index contributed by atoms with van der Waals surface area (Å²) in [6.45, 7) is 0.688. The average Bonchev–Trinajstić information content (AvgIpc) is 2.95. The quantitative estimate of drug-likeness (QED) is 0.531. The lowest BCUT2D eigenvalue weighted by molar-refractivity contribution is -0.136. The van der Waals surface area contributed by atoms with Crippen LogP contribution in [0.1, 0.15) is 32.1 Å². The molecule has 6 heteroatoms. The molecule has 3 heterocycles. The zero-order valence-corrected chi connectivity index (χ0v) is 10.7. The van der Waals surface area contributed by atoms with E-state index in [1.165, 1.54) is 0 Å². The number of carbonyl (C=O) groups is 1. The van der Waals surface area contributed by atoms with E-state index >= 15 is 0 Å². The van der Waals surface area contributed by atoms with Crippen LogP contribution in [-0.2, 0) is 4.79 Å². The van der Waals surface area contributed by atoms with Gasteiger partial charge in [0.2, 0.25) is 5.91 Å². The number of amides is 1. The first-order chi connectivity index (χ1) is 9.24. The fourth-order valence-corrected chi connectivity index (χ4v) is 3.60. The smallest absolute Gasteiger partial charge is 0.241 e. The lowest BCUT2D eigenvalue weighted by Gasteiger charge is -2.44. The summed E-state index contributed by atoms with van der Waals surface area (Å²) in [6.07, 6.45) is 4.30. The Morgan fingerprint density at radius 2 is 2.32 bits per heavy atom. The molecular weight excluding hydrogens is 244 g/mol. The molecule has 0 aromatic heterocycles. The van der Waals surface area contributed by atoms with Gasteiger partial charge in [-0.3, -0.25) is 10.1 Å². The van der Waals surface area contributed by atoms with Crippen LogP contribution in [0, 0.1) is 17.2 Å². The summed E-state index contributed by atoms with van der Waals surface area (Å²) in [5, 5.41) is 24.6. The predicted molar refractivity (Wildman–Crippen MR) is 67.6 cm³/mol. The summed E-state index contributed by atoms with van der Waals surface area (Å²) in [6, 6.07) is 1.76. The van der Waals surface area contributed by atoms with Crippen molar-refractivity contribution in [1.82, 2.24) is 10.2 Å². The molecule has 1 amide bonds. The van der Waals surface area contributed by atoms with E-state index in [4.69, 9.17) is 10.5 Å². The van der Waals surface area contributed by atoms with Crippen LogP contribution in [0.5, 0.6) is 0 Å². The summed E-state index contributed by atoms with van der Waals surface area (Å²) in [7, 11) is 0. The molecule has 4 atom stereocenters. The van der Waals surface area contributed by atoms with Gasteiger partial charge < -0.3 is 10.1 Å². The van der Waals surface area contributed by atoms with Gasteiger partial charge in [-0.25, -0.2) is 0 Å². The van der Waals surface area contributed by atoms with E-state index in [1.807, 2.05) is 0 Å². The number of nitriles is 1. The number of rotatable bonds is 1. The Hall–Kier alpha value is -1.61. The molecule has 19 heavy (non-hydrogen) atoms. The van der Waals surface area contributed by atoms with Gasteiger partial charge in [-0.2, -0.15) is 5.26 Å². The van der Waals surface area contributed by atoms with Gasteiger partial charge in [0, 0.05) is 12.6 Å². The molecule has 102 valence electrons. The van der Waals surface area contributed by atoms with E-state index in [1.54, 1.807) is 4.90 Å². The summed E-state index contributed by atoms with van der Waals surface area (Å²) >= 11 is 0. The highest BCUT2D eigenvalue weighted by molar-refractivity contribution is 5.94. The Balaban J connectivity index is 1.74. The molecule has 1 saturated carbocycles. The standard InChI is InChI=1S/C13H18N4O2/c14-7-9-2-1-5-17(9)13(18)12-8-3-4-10(15-12)11(6-8)16-19/h8-10,12,15,19H,1-6H2/b16-11-/t8-,9+,10+,12+/m1/s1. The van der Waals surface area contributed by atoms with Crippen LogP contribution in [-0.4, -0.2) is 46.4 Å². The summed E-state index contributed by atoms with van der Waals surface area (Å²) < 4.78 is 0. The number of piperidine rings is 2. The number of hydrogen-bond donors (Lipinski definition) is 2. The van der Waals surface area contributed by atoms with Crippen molar-refractivity contribution in [1.29, 1.82) is 5.26 Å². The lowest BCUT2D eigenvalue weighted by atomic mass is 9.74. The van der Waals surface area contributed by atoms with Crippen LogP contribution in [0.25, 0.3) is 0 Å². The van der Waals surface area contributed by atoms with Gasteiger partial charge in [-0.05, 0) is 38.0 Å². The number of nitrogens with one attached hydrogen (secondary N) is 1. The summed E-state index contributed by atoms with van der Waals surface area (Å²) in [5.41, 5.74) is 0.763. The van der Waals surface area contributed by atoms with Gasteiger partial charge in [-0.1, -0.05) is 5.16 Å². The minimum atomic E-state index is -0.263. The van der Waals surface area contributed by atoms with Crippen molar-refractivity contribution >= 4 is 11.6 Å². The van der Waals surface area contributed by atoms with Gasteiger partial charge in [0.15, 0.2) is 0 Å². The molecule has 3 aliphatic heterocycles. The maximum absolute atomic E-state index is 12.6. The number of fused-ring (bicyclic) bond motifs is 3. The number of nitrogens with zero attached hydrogens (tertiary/aromatic N) is 3. The molecule has 2 N–H and O–H groups in total. The molecule has 0 spiro atoms. The van der Waals surface area contributed by atoms with Gasteiger partial charge in [-0.15, -0.1) is 0 Å². The topological polar surface area (TPSA) is 88.7 Å². The van der Waals surface area contributed by atoms with Gasteiger partial charge in [0.1, 0.15) is 6.04 Å². The zero-order chi connectivity index (χ0) is 13.4. The first-order valence-corrected chi connectivity index (χ1v) is 6.91. The normalized spacial score (nSPS) is 39.5. The SMILES string of the molecule is N#C[C@@H]1CCCN1C(=O)[C@H]1N[C@H]2CC[C@@H]1C/C2=N/O. The highest BCUT2D eigenvalue weighted by atomic mass is 16.4. The Labute approximate surface area is 112 Å². The van der Waals surface area contributed by atoms with E-state index in [9.17, 15) is 4.79 Å². The molecule has 3 saturated heterocycles. The summed E-state index contributed by atoms with van der Waals surface area (Å²) in [4.78, 5) is 14.3. The third-order valence-electron chi connectivity index (χ3n) is 4.63. The lowest BCUT2D eigenvalue weighted by Crippen LogP contribution is -2.63. The van der Waals surface area contributed by atoms with Gasteiger partial charge in [0.25, 0.3) is 0 Å². The van der Waals surface area contributed by atoms with Crippen molar-refractivity contribution in [2.75, 3.05) is 6.54 Å². The van der Waals surface area contributed by atoms with E-state index in [2.05, 4.69) is 16.5 Å². The number of hydrogen-bond acceptors (Lipinski definition) is 5. The predicted octanol–water partition coefficient (Wildman–Crippen LogP) is 0.472. The molecule has 1 aliphatic carbocycles. The number of carbonyl (C=O) groups excluding carboxylic acids is 1. The first-order valence-electron chi connectivity index (χ1n) is 6.91. The molecule has 0 aromatic rings. The molecule has 0 aromatic carbocycles. The van der Waals surface area contributed by atoms with Crippen LogP contribution in [0.3, 0.4) is 0 Å². The molecule has 4 fully saturated rings. The maximum Gasteiger partial charge on any atom is 0.241 e. The fourth-order valence-electron chi connectivity index (χ4n) is 3.60. The Bertz CT molecular complexity index is 456. The molecule has 2 bridgehead atoms. The first kappa shape index (κ1) is 12.4. The Morgan fingerprint density at radius 1 is 1.47 bits per heavy atom. The average molecular weight is 262 g/mol. The molecule has 4 aliphatic rings. The van der Waals surface area contributed by atoms with Crippen molar-refractivity contribution in [3.05, 3.63) is 0 Å². The Morgan fingerprint density at radius 3 is 2.95 bits per heavy atom. The fraction of sp³-hybridized carbons (Fsp3) is 0.769. The molecule has 4 rings (SSSR count).